The second kappa shape index (κ2) is 4.14. The molecule has 0 amide bonds. The van der Waals surface area contributed by atoms with E-state index >= 15 is 0 Å². The smallest absolute Gasteiger partial charge is 0.162 e. The molecule has 1 saturated heterocycles. The molecule has 1 aromatic rings. The van der Waals surface area contributed by atoms with Crippen molar-refractivity contribution in [2.75, 3.05) is 13.2 Å². The molecule has 1 N–H and O–H groups in total. The van der Waals surface area contributed by atoms with Crippen LogP contribution in [0.5, 0.6) is 0 Å². The van der Waals surface area contributed by atoms with Crippen molar-refractivity contribution >= 4 is 0 Å². The second-order valence-electron chi connectivity index (χ2n) is 4.67. The largest absolute Gasteiger partial charge is 0.396 e. The third-order valence-corrected chi connectivity index (χ3v) is 3.55. The number of ether oxygens (including phenoxy) is 1. The van der Waals surface area contributed by atoms with Crippen LogP contribution in [0.3, 0.4) is 0 Å². The average molecular weight is 223 g/mol. The molecule has 0 aromatic carbocycles. The fourth-order valence-corrected chi connectivity index (χ4v) is 2.58. The molecule has 2 atom stereocenters. The summed E-state index contributed by atoms with van der Waals surface area (Å²) in [5.41, 5.74) is 0. The van der Waals surface area contributed by atoms with E-state index in [0.717, 1.165) is 50.5 Å². The van der Waals surface area contributed by atoms with Crippen LogP contribution in [-0.4, -0.2) is 33.1 Å². The third kappa shape index (κ3) is 1.64. The summed E-state index contributed by atoms with van der Waals surface area (Å²) in [5, 5.41) is 17.7. The average Bonchev–Trinajstić information content (AvgIpc) is 2.96. The molecule has 5 nitrogen and oxygen atoms in total. The van der Waals surface area contributed by atoms with E-state index in [1.54, 1.807) is 0 Å². The van der Waals surface area contributed by atoms with Crippen LogP contribution in [0.4, 0.5) is 0 Å². The first-order valence-corrected chi connectivity index (χ1v) is 6.03. The van der Waals surface area contributed by atoms with Crippen molar-refractivity contribution in [1.29, 1.82) is 0 Å². The SMILES string of the molecule is OCC1CCc2nnc(C3CCCO3)n2C1. The lowest BCUT2D eigenvalue weighted by Gasteiger charge is -2.23. The van der Waals surface area contributed by atoms with Gasteiger partial charge in [0.15, 0.2) is 5.82 Å². The number of hydrogen-bond donors (Lipinski definition) is 1. The number of aromatic nitrogens is 3. The lowest BCUT2D eigenvalue weighted by atomic mass is 10.00. The highest BCUT2D eigenvalue weighted by atomic mass is 16.5. The topological polar surface area (TPSA) is 60.2 Å². The molecule has 0 radical (unpaired) electrons. The molecule has 1 fully saturated rings. The molecule has 0 spiro atoms. The molecule has 5 heteroatoms. The van der Waals surface area contributed by atoms with Crippen LogP contribution in [0.2, 0.25) is 0 Å². The highest BCUT2D eigenvalue weighted by Crippen LogP contribution is 2.30. The van der Waals surface area contributed by atoms with E-state index in [2.05, 4.69) is 14.8 Å². The molecule has 88 valence electrons. The van der Waals surface area contributed by atoms with E-state index in [-0.39, 0.29) is 12.7 Å². The fraction of sp³-hybridized carbons (Fsp3) is 0.818. The predicted octanol–water partition coefficient (Wildman–Crippen LogP) is 0.684. The van der Waals surface area contributed by atoms with Crippen LogP contribution < -0.4 is 0 Å². The number of aryl methyl sites for hydroxylation is 1. The molecule has 2 unspecified atom stereocenters. The fourth-order valence-electron chi connectivity index (χ4n) is 2.58. The molecule has 0 bridgehead atoms. The Morgan fingerprint density at radius 3 is 3.06 bits per heavy atom. The molecule has 3 heterocycles. The minimum absolute atomic E-state index is 0.124. The van der Waals surface area contributed by atoms with Gasteiger partial charge >= 0.3 is 0 Å². The quantitative estimate of drug-likeness (QED) is 0.801. The Kier molecular flexibility index (Phi) is 2.65. The van der Waals surface area contributed by atoms with E-state index < -0.39 is 0 Å². The Bertz CT molecular complexity index is 371. The molecule has 0 aliphatic carbocycles. The third-order valence-electron chi connectivity index (χ3n) is 3.55. The Morgan fingerprint density at radius 2 is 2.31 bits per heavy atom. The highest BCUT2D eigenvalue weighted by molar-refractivity contribution is 5.03. The molecule has 0 saturated carbocycles. The molecular formula is C11H17N3O2. The van der Waals surface area contributed by atoms with Crippen molar-refractivity contribution in [1.82, 2.24) is 14.8 Å². The van der Waals surface area contributed by atoms with Gasteiger partial charge in [0.1, 0.15) is 11.9 Å². The van der Waals surface area contributed by atoms with Crippen LogP contribution in [0.1, 0.15) is 37.0 Å². The molecular weight excluding hydrogens is 206 g/mol. The number of hydrogen-bond acceptors (Lipinski definition) is 4. The van der Waals surface area contributed by atoms with E-state index in [9.17, 15) is 5.11 Å². The maximum atomic E-state index is 9.22. The highest BCUT2D eigenvalue weighted by Gasteiger charge is 2.28. The maximum absolute atomic E-state index is 9.22. The normalized spacial score (nSPS) is 29.3. The summed E-state index contributed by atoms with van der Waals surface area (Å²) < 4.78 is 7.80. The van der Waals surface area contributed by atoms with E-state index in [4.69, 9.17) is 4.74 Å². The van der Waals surface area contributed by atoms with Crippen LogP contribution in [-0.2, 0) is 17.7 Å². The van der Waals surface area contributed by atoms with Crippen molar-refractivity contribution in [3.63, 3.8) is 0 Å². The van der Waals surface area contributed by atoms with Crippen LogP contribution in [0.15, 0.2) is 0 Å². The number of aliphatic hydroxyl groups is 1. The summed E-state index contributed by atoms with van der Waals surface area (Å²) in [6.07, 6.45) is 4.21. The zero-order chi connectivity index (χ0) is 11.0. The number of nitrogens with zero attached hydrogens (tertiary/aromatic N) is 3. The van der Waals surface area contributed by atoms with Crippen LogP contribution in [0.25, 0.3) is 0 Å². The van der Waals surface area contributed by atoms with Gasteiger partial charge in [0.25, 0.3) is 0 Å². The monoisotopic (exact) mass is 223 g/mol. The molecule has 1 aromatic heterocycles. The molecule has 2 aliphatic heterocycles. The van der Waals surface area contributed by atoms with Gasteiger partial charge in [0.05, 0.1) is 0 Å². The first-order valence-electron chi connectivity index (χ1n) is 6.03. The van der Waals surface area contributed by atoms with Crippen molar-refractivity contribution in [2.45, 2.75) is 38.3 Å². The maximum Gasteiger partial charge on any atom is 0.162 e. The van der Waals surface area contributed by atoms with Gasteiger partial charge in [-0.25, -0.2) is 0 Å². The van der Waals surface area contributed by atoms with Gasteiger partial charge in [0.2, 0.25) is 0 Å². The summed E-state index contributed by atoms with van der Waals surface area (Å²) in [7, 11) is 0. The van der Waals surface area contributed by atoms with Gasteiger partial charge in [-0.3, -0.25) is 0 Å². The summed E-state index contributed by atoms with van der Waals surface area (Å²) in [5.74, 6) is 2.37. The van der Waals surface area contributed by atoms with Gasteiger partial charge in [-0.1, -0.05) is 0 Å². The minimum Gasteiger partial charge on any atom is -0.396 e. The lowest BCUT2D eigenvalue weighted by Crippen LogP contribution is -2.25. The minimum atomic E-state index is 0.124. The van der Waals surface area contributed by atoms with Crippen LogP contribution in [0, 0.1) is 5.92 Å². The van der Waals surface area contributed by atoms with Gasteiger partial charge < -0.3 is 14.4 Å². The summed E-state index contributed by atoms with van der Waals surface area (Å²) >= 11 is 0. The summed E-state index contributed by atoms with van der Waals surface area (Å²) in [6.45, 7) is 1.92. The molecule has 3 rings (SSSR count). The van der Waals surface area contributed by atoms with Crippen molar-refractivity contribution in [3.8, 4) is 0 Å². The van der Waals surface area contributed by atoms with E-state index in [1.807, 2.05) is 0 Å². The second-order valence-corrected chi connectivity index (χ2v) is 4.67. The van der Waals surface area contributed by atoms with Gasteiger partial charge in [-0.05, 0) is 19.3 Å². The Hall–Kier alpha value is -0.940. The van der Waals surface area contributed by atoms with E-state index in [0.29, 0.717) is 5.92 Å². The number of rotatable bonds is 2. The lowest BCUT2D eigenvalue weighted by molar-refractivity contribution is 0.0979. The van der Waals surface area contributed by atoms with Crippen molar-refractivity contribution in [2.24, 2.45) is 5.92 Å². The van der Waals surface area contributed by atoms with E-state index in [1.165, 1.54) is 0 Å². The molecule has 16 heavy (non-hydrogen) atoms. The first-order chi connectivity index (χ1) is 7.88. The van der Waals surface area contributed by atoms with Gasteiger partial charge in [-0.15, -0.1) is 10.2 Å². The first kappa shape index (κ1) is 10.2. The van der Waals surface area contributed by atoms with Gasteiger partial charge in [-0.2, -0.15) is 0 Å². The number of aliphatic hydroxyl groups excluding tert-OH is 1. The zero-order valence-corrected chi connectivity index (χ0v) is 9.30. The Labute approximate surface area is 94.4 Å². The summed E-state index contributed by atoms with van der Waals surface area (Å²) in [4.78, 5) is 0. The molecule has 2 aliphatic rings. The van der Waals surface area contributed by atoms with Gasteiger partial charge in [0, 0.05) is 32.1 Å². The van der Waals surface area contributed by atoms with Crippen molar-refractivity contribution < 1.29 is 9.84 Å². The Morgan fingerprint density at radius 1 is 1.38 bits per heavy atom. The predicted molar refractivity (Wildman–Crippen MR) is 56.8 cm³/mol. The van der Waals surface area contributed by atoms with Crippen molar-refractivity contribution in [3.05, 3.63) is 11.6 Å². The Balaban J connectivity index is 1.87. The zero-order valence-electron chi connectivity index (χ0n) is 9.30. The standard InChI is InChI=1S/C11H17N3O2/c15-7-8-3-4-10-12-13-11(14(10)6-8)9-2-1-5-16-9/h8-9,15H,1-7H2. The number of fused-ring (bicyclic) bond motifs is 1. The summed E-state index contributed by atoms with van der Waals surface area (Å²) in [6, 6.07) is 0. The van der Waals surface area contributed by atoms with Crippen LogP contribution >= 0.6 is 0 Å².